The van der Waals surface area contributed by atoms with Crippen LogP contribution in [0, 0.1) is 0 Å². The summed E-state index contributed by atoms with van der Waals surface area (Å²) in [5, 5.41) is 39.5. The van der Waals surface area contributed by atoms with E-state index in [4.69, 9.17) is 15.9 Å². The Kier molecular flexibility index (Phi) is 6.37. The van der Waals surface area contributed by atoms with Crippen molar-refractivity contribution in [1.82, 2.24) is 0 Å². The molecule has 126 valence electrons. The summed E-state index contributed by atoms with van der Waals surface area (Å²) in [6, 6.07) is 9.36. The maximum atomic E-state index is 9.72. The van der Waals surface area contributed by atoms with Gasteiger partial charge in [0, 0.05) is 34.9 Å². The zero-order valence-corrected chi connectivity index (χ0v) is 13.5. The number of nitrogens with two attached hydrogens (primary N) is 1. The van der Waals surface area contributed by atoms with E-state index in [9.17, 15) is 10.2 Å². The fourth-order valence-corrected chi connectivity index (χ4v) is 3.06. The number of nitrogen functional groups attached to an aromatic ring is 1. The maximum Gasteiger partial charge on any atom is 0.0945 e. The van der Waals surface area contributed by atoms with Crippen LogP contribution in [0.4, 0.5) is 11.4 Å². The van der Waals surface area contributed by atoms with Gasteiger partial charge in [0.05, 0.1) is 25.4 Å². The number of hydrogen-bond donors (Lipinski definition) is 5. The molecule has 0 aliphatic carbocycles. The Labute approximate surface area is 139 Å². The number of thiophene rings is 1. The van der Waals surface area contributed by atoms with Crippen molar-refractivity contribution in [3.8, 4) is 10.4 Å². The maximum absolute atomic E-state index is 9.72. The van der Waals surface area contributed by atoms with E-state index >= 15 is 0 Å². The Balaban J connectivity index is 2.32. The topological polar surface area (TPSA) is 110 Å². The summed E-state index contributed by atoms with van der Waals surface area (Å²) < 4.78 is 0. The number of benzene rings is 1. The SMILES string of the molecule is Nc1ccc(N(CC(O)CO)CC(O)CO)cc1-c1cccs1. The Bertz CT molecular complexity index is 594. The third-order valence-electron chi connectivity index (χ3n) is 3.47. The van der Waals surface area contributed by atoms with E-state index in [0.717, 1.165) is 16.1 Å². The first-order valence-corrected chi connectivity index (χ1v) is 8.19. The van der Waals surface area contributed by atoms with Gasteiger partial charge in [-0.15, -0.1) is 11.3 Å². The molecule has 6 nitrogen and oxygen atoms in total. The Morgan fingerprint density at radius 3 is 2.22 bits per heavy atom. The third-order valence-corrected chi connectivity index (χ3v) is 4.38. The first kappa shape index (κ1) is 17.7. The van der Waals surface area contributed by atoms with E-state index in [1.165, 1.54) is 0 Å². The Morgan fingerprint density at radius 2 is 1.70 bits per heavy atom. The molecule has 2 unspecified atom stereocenters. The van der Waals surface area contributed by atoms with Crippen molar-refractivity contribution in [3.63, 3.8) is 0 Å². The molecule has 0 spiro atoms. The van der Waals surface area contributed by atoms with Crippen LogP contribution < -0.4 is 10.6 Å². The second-order valence-corrected chi connectivity index (χ2v) is 6.27. The molecule has 7 heteroatoms. The molecule has 0 fully saturated rings. The minimum absolute atomic E-state index is 0.140. The van der Waals surface area contributed by atoms with Gasteiger partial charge in [-0.25, -0.2) is 0 Å². The van der Waals surface area contributed by atoms with Gasteiger partial charge in [0.2, 0.25) is 0 Å². The average molecular weight is 338 g/mol. The minimum atomic E-state index is -0.941. The van der Waals surface area contributed by atoms with E-state index in [0.29, 0.717) is 5.69 Å². The van der Waals surface area contributed by atoms with Gasteiger partial charge in [0.25, 0.3) is 0 Å². The monoisotopic (exact) mass is 338 g/mol. The van der Waals surface area contributed by atoms with Gasteiger partial charge in [-0.2, -0.15) is 0 Å². The van der Waals surface area contributed by atoms with Gasteiger partial charge in [0.1, 0.15) is 0 Å². The first-order chi connectivity index (χ1) is 11.0. The van der Waals surface area contributed by atoms with Crippen molar-refractivity contribution in [3.05, 3.63) is 35.7 Å². The summed E-state index contributed by atoms with van der Waals surface area (Å²) in [5.41, 5.74) is 8.31. The summed E-state index contributed by atoms with van der Waals surface area (Å²) in [6.07, 6.45) is -1.88. The molecule has 0 saturated carbocycles. The highest BCUT2D eigenvalue weighted by molar-refractivity contribution is 7.13. The summed E-state index contributed by atoms with van der Waals surface area (Å²) in [5.74, 6) is 0. The molecular weight excluding hydrogens is 316 g/mol. The van der Waals surface area contributed by atoms with Crippen molar-refractivity contribution < 1.29 is 20.4 Å². The van der Waals surface area contributed by atoms with Crippen LogP contribution in [0.1, 0.15) is 0 Å². The average Bonchev–Trinajstić information content (AvgIpc) is 3.08. The van der Waals surface area contributed by atoms with Crippen molar-refractivity contribution >= 4 is 22.7 Å². The minimum Gasteiger partial charge on any atom is -0.398 e. The highest BCUT2D eigenvalue weighted by Gasteiger charge is 2.17. The molecule has 0 aliphatic rings. The molecule has 1 aromatic carbocycles. The van der Waals surface area contributed by atoms with Crippen molar-refractivity contribution in [2.75, 3.05) is 36.9 Å². The molecule has 2 atom stereocenters. The molecule has 23 heavy (non-hydrogen) atoms. The second kappa shape index (κ2) is 8.28. The fraction of sp³-hybridized carbons (Fsp3) is 0.375. The zero-order chi connectivity index (χ0) is 16.8. The number of aliphatic hydroxyl groups is 4. The first-order valence-electron chi connectivity index (χ1n) is 7.31. The van der Waals surface area contributed by atoms with Gasteiger partial charge >= 0.3 is 0 Å². The van der Waals surface area contributed by atoms with E-state index in [1.807, 2.05) is 23.6 Å². The molecule has 6 N–H and O–H groups in total. The lowest BCUT2D eigenvalue weighted by Crippen LogP contribution is -2.40. The van der Waals surface area contributed by atoms with Crippen molar-refractivity contribution in [2.45, 2.75) is 12.2 Å². The molecule has 0 aliphatic heterocycles. The molecular formula is C16H22N2O4S. The van der Waals surface area contributed by atoms with Crippen LogP contribution in [0.2, 0.25) is 0 Å². The molecule has 0 saturated heterocycles. The van der Waals surface area contributed by atoms with E-state index < -0.39 is 12.2 Å². The third kappa shape index (κ3) is 4.66. The molecule has 2 aromatic rings. The van der Waals surface area contributed by atoms with Gasteiger partial charge in [-0.3, -0.25) is 0 Å². The largest absolute Gasteiger partial charge is 0.398 e. The van der Waals surface area contributed by atoms with Crippen LogP contribution in [0.3, 0.4) is 0 Å². The lowest BCUT2D eigenvalue weighted by atomic mass is 10.1. The Morgan fingerprint density at radius 1 is 1.04 bits per heavy atom. The summed E-state index contributed by atoms with van der Waals surface area (Å²) >= 11 is 1.57. The zero-order valence-electron chi connectivity index (χ0n) is 12.7. The van der Waals surface area contributed by atoms with Crippen LogP contribution in [-0.4, -0.2) is 58.9 Å². The van der Waals surface area contributed by atoms with E-state index in [1.54, 1.807) is 28.4 Å². The van der Waals surface area contributed by atoms with Gasteiger partial charge in [-0.1, -0.05) is 6.07 Å². The lowest BCUT2D eigenvalue weighted by Gasteiger charge is -2.29. The van der Waals surface area contributed by atoms with Crippen LogP contribution in [0.5, 0.6) is 0 Å². The van der Waals surface area contributed by atoms with Crippen LogP contribution in [0.15, 0.2) is 35.7 Å². The van der Waals surface area contributed by atoms with Crippen molar-refractivity contribution in [1.29, 1.82) is 0 Å². The lowest BCUT2D eigenvalue weighted by molar-refractivity contribution is 0.0839. The highest BCUT2D eigenvalue weighted by atomic mass is 32.1. The quantitative estimate of drug-likeness (QED) is 0.449. The normalized spacial score (nSPS) is 13.7. The number of rotatable bonds is 8. The standard InChI is InChI=1S/C16H22N2O4S/c17-15-4-3-11(6-14(15)16-2-1-5-23-16)18(7-12(21)9-19)8-13(22)10-20/h1-6,12-13,19-22H,7-10,17H2. The van der Waals surface area contributed by atoms with Gasteiger partial charge in [-0.05, 0) is 29.6 Å². The molecule has 0 bridgehead atoms. The number of nitrogens with zero attached hydrogens (tertiary/aromatic N) is 1. The predicted octanol–water partition coefficient (Wildman–Crippen LogP) is 0.510. The summed E-state index contributed by atoms with van der Waals surface area (Å²) in [4.78, 5) is 2.74. The van der Waals surface area contributed by atoms with E-state index in [-0.39, 0.29) is 26.3 Å². The molecule has 2 rings (SSSR count). The number of anilines is 2. The summed E-state index contributed by atoms with van der Waals surface area (Å²) in [6.45, 7) is -0.473. The molecule has 1 aromatic heterocycles. The molecule has 0 amide bonds. The highest BCUT2D eigenvalue weighted by Crippen LogP contribution is 2.33. The fourth-order valence-electron chi connectivity index (χ4n) is 2.30. The van der Waals surface area contributed by atoms with Crippen LogP contribution >= 0.6 is 11.3 Å². The predicted molar refractivity (Wildman–Crippen MR) is 92.6 cm³/mol. The second-order valence-electron chi connectivity index (χ2n) is 5.33. The number of aliphatic hydroxyl groups excluding tert-OH is 4. The van der Waals surface area contributed by atoms with Crippen LogP contribution in [0.25, 0.3) is 10.4 Å². The van der Waals surface area contributed by atoms with Crippen molar-refractivity contribution in [2.24, 2.45) is 0 Å². The molecule has 0 radical (unpaired) electrons. The number of hydrogen-bond acceptors (Lipinski definition) is 7. The Hall–Kier alpha value is -1.64. The van der Waals surface area contributed by atoms with Gasteiger partial charge in [0.15, 0.2) is 0 Å². The molecule has 1 heterocycles. The van der Waals surface area contributed by atoms with Crippen LogP contribution in [-0.2, 0) is 0 Å². The van der Waals surface area contributed by atoms with Gasteiger partial charge < -0.3 is 31.1 Å². The summed E-state index contributed by atoms with van der Waals surface area (Å²) in [7, 11) is 0. The van der Waals surface area contributed by atoms with E-state index in [2.05, 4.69) is 0 Å². The smallest absolute Gasteiger partial charge is 0.0945 e.